The first kappa shape index (κ1) is 13.7. The van der Waals surface area contributed by atoms with E-state index in [1.165, 1.54) is 32.2 Å². The van der Waals surface area contributed by atoms with E-state index < -0.39 is 0 Å². The van der Waals surface area contributed by atoms with Gasteiger partial charge in [-0.3, -0.25) is 0 Å². The molecule has 104 valence electrons. The second kappa shape index (κ2) is 5.08. The molecule has 4 N–H and O–H groups in total. The number of nitrogens with two attached hydrogens (primary N) is 1. The molecule has 4 heteroatoms. The van der Waals surface area contributed by atoms with Crippen LogP contribution in [0.2, 0.25) is 0 Å². The summed E-state index contributed by atoms with van der Waals surface area (Å²) >= 11 is 0. The maximum atomic E-state index is 8.70. The van der Waals surface area contributed by atoms with Gasteiger partial charge < -0.3 is 16.3 Å². The second-order valence-electron chi connectivity index (χ2n) is 6.79. The van der Waals surface area contributed by atoms with Crippen molar-refractivity contribution in [2.45, 2.75) is 52.4 Å². The van der Waals surface area contributed by atoms with Crippen molar-refractivity contribution in [1.82, 2.24) is 5.32 Å². The first-order chi connectivity index (χ1) is 8.50. The average molecular weight is 253 g/mol. The lowest BCUT2D eigenvalue weighted by molar-refractivity contribution is 0.304. The molecule has 0 unspecified atom stereocenters. The van der Waals surface area contributed by atoms with Crippen LogP contribution in [-0.4, -0.2) is 24.1 Å². The predicted octanol–water partition coefficient (Wildman–Crippen LogP) is 2.32. The molecule has 0 atom stereocenters. The van der Waals surface area contributed by atoms with E-state index in [0.717, 1.165) is 25.3 Å². The number of nitrogens with zero attached hydrogens (tertiary/aromatic N) is 1. The standard InChI is InChI=1S/C14H27N3O/c1-13(2,12(15)17-18)6-3-9-16-10-14(7-8-14)11-4-5-11/h11,16,18H,3-10H2,1-2H3,(H2,15,17). The molecule has 0 bridgehead atoms. The molecule has 0 aliphatic heterocycles. The summed E-state index contributed by atoms with van der Waals surface area (Å²) in [6.45, 7) is 6.28. The van der Waals surface area contributed by atoms with Gasteiger partial charge in [0.25, 0.3) is 0 Å². The number of oxime groups is 1. The van der Waals surface area contributed by atoms with E-state index in [4.69, 9.17) is 10.9 Å². The van der Waals surface area contributed by atoms with Gasteiger partial charge in [0.2, 0.25) is 0 Å². The van der Waals surface area contributed by atoms with Crippen LogP contribution in [0.1, 0.15) is 52.4 Å². The Balaban J connectivity index is 1.59. The minimum Gasteiger partial charge on any atom is -0.409 e. The van der Waals surface area contributed by atoms with Gasteiger partial charge in [-0.05, 0) is 56.4 Å². The Morgan fingerprint density at radius 3 is 2.61 bits per heavy atom. The molecular weight excluding hydrogens is 226 g/mol. The fourth-order valence-corrected chi connectivity index (χ4v) is 2.84. The third-order valence-electron chi connectivity index (χ3n) is 4.77. The topological polar surface area (TPSA) is 70.6 Å². The van der Waals surface area contributed by atoms with Gasteiger partial charge in [-0.2, -0.15) is 0 Å². The van der Waals surface area contributed by atoms with Crippen LogP contribution in [0.15, 0.2) is 5.16 Å². The second-order valence-corrected chi connectivity index (χ2v) is 6.79. The predicted molar refractivity (Wildman–Crippen MR) is 73.7 cm³/mol. The number of amidine groups is 1. The molecule has 0 radical (unpaired) electrons. The summed E-state index contributed by atoms with van der Waals surface area (Å²) in [5.74, 6) is 1.36. The van der Waals surface area contributed by atoms with Crippen LogP contribution in [0, 0.1) is 16.7 Å². The summed E-state index contributed by atoms with van der Waals surface area (Å²) in [6.07, 6.45) is 7.80. The smallest absolute Gasteiger partial charge is 0.144 e. The van der Waals surface area contributed by atoms with Crippen molar-refractivity contribution in [1.29, 1.82) is 0 Å². The highest BCUT2D eigenvalue weighted by atomic mass is 16.4. The lowest BCUT2D eigenvalue weighted by Crippen LogP contribution is -2.33. The molecule has 0 saturated heterocycles. The van der Waals surface area contributed by atoms with Crippen LogP contribution in [0.25, 0.3) is 0 Å². The molecule has 0 aromatic carbocycles. The summed E-state index contributed by atoms with van der Waals surface area (Å²) in [5.41, 5.74) is 6.15. The van der Waals surface area contributed by atoms with Crippen molar-refractivity contribution < 1.29 is 5.21 Å². The quantitative estimate of drug-likeness (QED) is 0.204. The maximum Gasteiger partial charge on any atom is 0.144 e. The highest BCUT2D eigenvalue weighted by Gasteiger charge is 2.53. The van der Waals surface area contributed by atoms with Crippen LogP contribution in [-0.2, 0) is 0 Å². The van der Waals surface area contributed by atoms with Gasteiger partial charge in [0.15, 0.2) is 0 Å². The van der Waals surface area contributed by atoms with Crippen LogP contribution in [0.5, 0.6) is 0 Å². The van der Waals surface area contributed by atoms with Gasteiger partial charge in [0.1, 0.15) is 5.84 Å². The van der Waals surface area contributed by atoms with Gasteiger partial charge in [-0.25, -0.2) is 0 Å². The van der Waals surface area contributed by atoms with E-state index in [1.807, 2.05) is 13.8 Å². The first-order valence-corrected chi connectivity index (χ1v) is 7.19. The van der Waals surface area contributed by atoms with E-state index in [9.17, 15) is 0 Å². The Kier molecular flexibility index (Phi) is 3.85. The fraction of sp³-hybridized carbons (Fsp3) is 0.929. The average Bonchev–Trinajstić information content (AvgIpc) is 3.17. The van der Waals surface area contributed by atoms with E-state index >= 15 is 0 Å². The summed E-state index contributed by atoms with van der Waals surface area (Å²) in [6, 6.07) is 0. The van der Waals surface area contributed by atoms with E-state index in [1.54, 1.807) is 0 Å². The highest BCUT2D eigenvalue weighted by molar-refractivity contribution is 5.85. The third kappa shape index (κ3) is 3.16. The van der Waals surface area contributed by atoms with Crippen molar-refractivity contribution in [3.8, 4) is 0 Å². The monoisotopic (exact) mass is 253 g/mol. The van der Waals surface area contributed by atoms with Crippen molar-refractivity contribution >= 4 is 5.84 Å². The molecule has 18 heavy (non-hydrogen) atoms. The fourth-order valence-electron chi connectivity index (χ4n) is 2.84. The van der Waals surface area contributed by atoms with Crippen LogP contribution in [0.4, 0.5) is 0 Å². The lowest BCUT2D eigenvalue weighted by Gasteiger charge is -2.23. The van der Waals surface area contributed by atoms with Gasteiger partial charge in [0, 0.05) is 12.0 Å². The Labute approximate surface area is 110 Å². The minimum absolute atomic E-state index is 0.204. The lowest BCUT2D eigenvalue weighted by atomic mass is 9.86. The van der Waals surface area contributed by atoms with Crippen molar-refractivity contribution in [3.63, 3.8) is 0 Å². The molecule has 4 nitrogen and oxygen atoms in total. The molecule has 0 aromatic rings. The summed E-state index contributed by atoms with van der Waals surface area (Å²) in [7, 11) is 0. The largest absolute Gasteiger partial charge is 0.409 e. The zero-order chi connectivity index (χ0) is 13.2. The molecule has 2 aliphatic carbocycles. The highest BCUT2D eigenvalue weighted by Crippen LogP contribution is 2.60. The van der Waals surface area contributed by atoms with E-state index in [-0.39, 0.29) is 5.41 Å². The Morgan fingerprint density at radius 2 is 2.11 bits per heavy atom. The SMILES string of the molecule is CC(C)(CCCNCC1(C2CC2)CC1)C(N)=NO. The summed E-state index contributed by atoms with van der Waals surface area (Å²) in [4.78, 5) is 0. The molecule has 0 amide bonds. The van der Waals surface area contributed by atoms with Crippen molar-refractivity contribution in [3.05, 3.63) is 0 Å². The van der Waals surface area contributed by atoms with Gasteiger partial charge >= 0.3 is 0 Å². The van der Waals surface area contributed by atoms with Gasteiger partial charge in [-0.1, -0.05) is 19.0 Å². The van der Waals surface area contributed by atoms with E-state index in [2.05, 4.69) is 10.5 Å². The number of hydrogen-bond acceptors (Lipinski definition) is 3. The normalized spacial score (nSPS) is 23.1. The van der Waals surface area contributed by atoms with Crippen LogP contribution in [0.3, 0.4) is 0 Å². The van der Waals surface area contributed by atoms with Gasteiger partial charge in [0.05, 0.1) is 0 Å². The van der Waals surface area contributed by atoms with E-state index in [0.29, 0.717) is 11.3 Å². The molecule has 2 fully saturated rings. The minimum atomic E-state index is -0.204. The maximum absolute atomic E-state index is 8.70. The molecule has 0 aromatic heterocycles. The summed E-state index contributed by atoms with van der Waals surface area (Å²) in [5, 5.41) is 15.4. The third-order valence-corrected chi connectivity index (χ3v) is 4.77. The van der Waals surface area contributed by atoms with Crippen molar-refractivity contribution in [2.75, 3.05) is 13.1 Å². The Morgan fingerprint density at radius 1 is 1.44 bits per heavy atom. The Hall–Kier alpha value is -0.770. The number of rotatable bonds is 8. The molecule has 0 spiro atoms. The molecule has 2 aliphatic rings. The van der Waals surface area contributed by atoms with Crippen LogP contribution >= 0.6 is 0 Å². The number of nitrogens with one attached hydrogen (secondary N) is 1. The molecule has 0 heterocycles. The zero-order valence-electron chi connectivity index (χ0n) is 11.7. The zero-order valence-corrected chi connectivity index (χ0v) is 11.7. The molecule has 2 saturated carbocycles. The van der Waals surface area contributed by atoms with Gasteiger partial charge in [-0.15, -0.1) is 0 Å². The van der Waals surface area contributed by atoms with Crippen molar-refractivity contribution in [2.24, 2.45) is 27.6 Å². The Bertz CT molecular complexity index is 317. The molecule has 2 rings (SSSR count). The number of hydrogen-bond donors (Lipinski definition) is 3. The first-order valence-electron chi connectivity index (χ1n) is 7.19. The molecular formula is C14H27N3O. The summed E-state index contributed by atoms with van der Waals surface area (Å²) < 4.78 is 0. The van der Waals surface area contributed by atoms with Crippen LogP contribution < -0.4 is 11.1 Å².